The average Bonchev–Trinajstić information content (AvgIpc) is 2.59. The first-order valence-electron chi connectivity index (χ1n) is 6.48. The van der Waals surface area contributed by atoms with Gasteiger partial charge in [-0.2, -0.15) is 0 Å². The Morgan fingerprint density at radius 3 is 2.55 bits per heavy atom. The van der Waals surface area contributed by atoms with E-state index in [0.29, 0.717) is 19.5 Å². The van der Waals surface area contributed by atoms with Crippen LogP contribution in [0.15, 0.2) is 0 Å². The number of morpholine rings is 1. The van der Waals surface area contributed by atoms with Crippen molar-refractivity contribution in [2.24, 2.45) is 0 Å². The lowest BCUT2D eigenvalue weighted by Gasteiger charge is -2.34. The second-order valence-electron chi connectivity index (χ2n) is 4.92. The zero-order valence-electron chi connectivity index (χ0n) is 11.0. The van der Waals surface area contributed by atoms with Crippen molar-refractivity contribution >= 4 is 21.8 Å². The van der Waals surface area contributed by atoms with E-state index in [1.807, 2.05) is 0 Å². The van der Waals surface area contributed by atoms with Crippen molar-refractivity contribution in [3.05, 3.63) is 0 Å². The van der Waals surface area contributed by atoms with Gasteiger partial charge in [-0.3, -0.25) is 0 Å². The molecule has 1 N–H and O–H groups in total. The smallest absolute Gasteiger partial charge is 0.334 e. The number of nitrogens with zero attached hydrogens (tertiary/aromatic N) is 2. The van der Waals surface area contributed by atoms with Gasteiger partial charge in [-0.25, -0.2) is 18.0 Å². The largest absolute Gasteiger partial charge is 0.479 e. The summed E-state index contributed by atoms with van der Waals surface area (Å²) >= 11 is 0. The lowest BCUT2D eigenvalue weighted by molar-refractivity contribution is -0.154. The van der Waals surface area contributed by atoms with Gasteiger partial charge in [0.1, 0.15) is 0 Å². The van der Waals surface area contributed by atoms with Gasteiger partial charge in [-0.15, -0.1) is 0 Å². The summed E-state index contributed by atoms with van der Waals surface area (Å²) in [5, 5.41) is 8.91. The Morgan fingerprint density at radius 1 is 1.10 bits per heavy atom. The van der Waals surface area contributed by atoms with Crippen molar-refractivity contribution in [1.29, 1.82) is 0 Å². The highest BCUT2D eigenvalue weighted by Crippen LogP contribution is 2.12. The molecule has 0 spiro atoms. The van der Waals surface area contributed by atoms with E-state index >= 15 is 0 Å². The molecule has 9 heteroatoms. The average molecular weight is 306 g/mol. The number of urea groups is 1. The zero-order valence-corrected chi connectivity index (χ0v) is 11.8. The second kappa shape index (κ2) is 5.96. The van der Waals surface area contributed by atoms with E-state index in [4.69, 9.17) is 9.84 Å². The molecular formula is C11H18N2O6S. The van der Waals surface area contributed by atoms with Crippen molar-refractivity contribution in [3.63, 3.8) is 0 Å². The van der Waals surface area contributed by atoms with Crippen LogP contribution in [0, 0.1) is 0 Å². The SMILES string of the molecule is O=C(O)C1CN(C(=O)N2CCCS(=O)(=O)CC2)CCO1. The second-order valence-corrected chi connectivity index (χ2v) is 7.22. The molecule has 0 saturated carbocycles. The third-order valence-corrected chi connectivity index (χ3v) is 5.15. The fourth-order valence-electron chi connectivity index (χ4n) is 2.30. The summed E-state index contributed by atoms with van der Waals surface area (Å²) in [6.07, 6.45) is -0.593. The van der Waals surface area contributed by atoms with Crippen LogP contribution in [0.5, 0.6) is 0 Å². The maximum atomic E-state index is 12.3. The Balaban J connectivity index is 1.98. The minimum Gasteiger partial charge on any atom is -0.479 e. The predicted molar refractivity (Wildman–Crippen MR) is 69.2 cm³/mol. The molecule has 0 aliphatic carbocycles. The van der Waals surface area contributed by atoms with Crippen LogP contribution in [0.2, 0.25) is 0 Å². The minimum atomic E-state index is -3.07. The first-order valence-corrected chi connectivity index (χ1v) is 8.30. The number of amides is 2. The standard InChI is InChI=1S/C11H18N2O6S/c14-10(15)9-8-13(3-5-19-9)11(16)12-2-1-6-20(17,18)7-4-12/h9H,1-8H2,(H,14,15). The molecule has 2 amide bonds. The van der Waals surface area contributed by atoms with Gasteiger partial charge < -0.3 is 19.6 Å². The summed E-state index contributed by atoms with van der Waals surface area (Å²) in [5.41, 5.74) is 0. The Hall–Kier alpha value is -1.35. The molecule has 1 atom stereocenters. The molecule has 8 nitrogen and oxygen atoms in total. The molecule has 0 aromatic rings. The molecule has 1 unspecified atom stereocenters. The molecule has 20 heavy (non-hydrogen) atoms. The third-order valence-electron chi connectivity index (χ3n) is 3.44. The van der Waals surface area contributed by atoms with Crippen molar-refractivity contribution < 1.29 is 27.9 Å². The van der Waals surface area contributed by atoms with Gasteiger partial charge in [0.25, 0.3) is 0 Å². The van der Waals surface area contributed by atoms with E-state index in [-0.39, 0.29) is 37.2 Å². The third kappa shape index (κ3) is 3.60. The molecular weight excluding hydrogens is 288 g/mol. The van der Waals surface area contributed by atoms with E-state index in [0.717, 1.165) is 0 Å². The lowest BCUT2D eigenvalue weighted by atomic mass is 10.3. The first-order chi connectivity index (χ1) is 9.39. The fourth-order valence-corrected chi connectivity index (χ4v) is 3.57. The topological polar surface area (TPSA) is 104 Å². The fraction of sp³-hybridized carbons (Fsp3) is 0.818. The number of carbonyl (C=O) groups excluding carboxylic acids is 1. The number of carboxylic acid groups (broad SMARTS) is 1. The summed E-state index contributed by atoms with van der Waals surface area (Å²) in [6.45, 7) is 1.04. The molecule has 2 aliphatic rings. The monoisotopic (exact) mass is 306 g/mol. The first kappa shape index (κ1) is 15.0. The molecule has 0 aromatic heterocycles. The summed E-state index contributed by atoms with van der Waals surface area (Å²) in [7, 11) is -3.07. The van der Waals surface area contributed by atoms with Gasteiger partial charge in [-0.05, 0) is 6.42 Å². The van der Waals surface area contributed by atoms with Gasteiger partial charge in [0.15, 0.2) is 15.9 Å². The summed E-state index contributed by atoms with van der Waals surface area (Å²) in [5.74, 6) is -1.04. The van der Waals surface area contributed by atoms with Crippen molar-refractivity contribution in [3.8, 4) is 0 Å². The number of carbonyl (C=O) groups is 2. The van der Waals surface area contributed by atoms with Crippen molar-refractivity contribution in [1.82, 2.24) is 9.80 Å². The number of sulfone groups is 1. The molecule has 2 rings (SSSR count). The van der Waals surface area contributed by atoms with E-state index in [2.05, 4.69) is 0 Å². The van der Waals surface area contributed by atoms with Crippen molar-refractivity contribution in [2.75, 3.05) is 44.3 Å². The summed E-state index contributed by atoms with van der Waals surface area (Å²) in [6, 6.07) is -0.309. The Labute approximate surface area is 117 Å². The van der Waals surface area contributed by atoms with Gasteiger partial charge in [-0.1, -0.05) is 0 Å². The van der Waals surface area contributed by atoms with Crippen LogP contribution in [-0.2, 0) is 19.4 Å². The molecule has 2 fully saturated rings. The Morgan fingerprint density at radius 2 is 1.85 bits per heavy atom. The van der Waals surface area contributed by atoms with Crippen LogP contribution < -0.4 is 0 Å². The Kier molecular flexibility index (Phi) is 4.48. The highest BCUT2D eigenvalue weighted by Gasteiger charge is 2.32. The summed E-state index contributed by atoms with van der Waals surface area (Å²) in [4.78, 5) is 26.1. The van der Waals surface area contributed by atoms with E-state index < -0.39 is 21.9 Å². The van der Waals surface area contributed by atoms with Crippen LogP contribution in [0.25, 0.3) is 0 Å². The van der Waals surface area contributed by atoms with Crippen molar-refractivity contribution in [2.45, 2.75) is 12.5 Å². The number of rotatable bonds is 1. The highest BCUT2D eigenvalue weighted by atomic mass is 32.2. The van der Waals surface area contributed by atoms with Gasteiger partial charge in [0.2, 0.25) is 0 Å². The number of ether oxygens (including phenoxy) is 1. The number of aliphatic carboxylic acids is 1. The van der Waals surface area contributed by atoms with Gasteiger partial charge in [0, 0.05) is 19.6 Å². The van der Waals surface area contributed by atoms with E-state index in [9.17, 15) is 18.0 Å². The minimum absolute atomic E-state index is 0.00256. The number of hydrogen-bond acceptors (Lipinski definition) is 5. The number of carboxylic acids is 1. The predicted octanol–water partition coefficient (Wildman–Crippen LogP) is -0.988. The molecule has 0 radical (unpaired) electrons. The van der Waals surface area contributed by atoms with Gasteiger partial charge >= 0.3 is 12.0 Å². The van der Waals surface area contributed by atoms with Gasteiger partial charge in [0.05, 0.1) is 24.7 Å². The summed E-state index contributed by atoms with van der Waals surface area (Å²) < 4.78 is 28.1. The Bertz CT molecular complexity index is 491. The maximum Gasteiger partial charge on any atom is 0.334 e. The van der Waals surface area contributed by atoms with Crippen LogP contribution in [0.3, 0.4) is 0 Å². The lowest BCUT2D eigenvalue weighted by Crippen LogP contribution is -2.53. The highest BCUT2D eigenvalue weighted by molar-refractivity contribution is 7.91. The molecule has 2 aliphatic heterocycles. The van der Waals surface area contributed by atoms with E-state index in [1.165, 1.54) is 9.80 Å². The molecule has 2 saturated heterocycles. The zero-order chi connectivity index (χ0) is 14.8. The normalized spacial score (nSPS) is 26.9. The van der Waals surface area contributed by atoms with Crippen LogP contribution in [0.1, 0.15) is 6.42 Å². The van der Waals surface area contributed by atoms with E-state index in [1.54, 1.807) is 0 Å². The molecule has 2 heterocycles. The molecule has 0 aromatic carbocycles. The maximum absolute atomic E-state index is 12.3. The molecule has 0 bridgehead atoms. The van der Waals surface area contributed by atoms with Crippen LogP contribution >= 0.6 is 0 Å². The van der Waals surface area contributed by atoms with Crippen LogP contribution in [-0.4, -0.2) is 85.7 Å². The quantitative estimate of drug-likeness (QED) is 0.667. The number of hydrogen-bond donors (Lipinski definition) is 1. The van der Waals surface area contributed by atoms with Crippen LogP contribution in [0.4, 0.5) is 4.79 Å². The molecule has 114 valence electrons.